The number of carbonyl (C=O) groups excluding carboxylic acids is 2. The molecule has 10 heteroatoms. The summed E-state index contributed by atoms with van der Waals surface area (Å²) >= 11 is 6.96. The minimum atomic E-state index is -0.718. The van der Waals surface area contributed by atoms with E-state index in [4.69, 9.17) is 11.6 Å². The Morgan fingerprint density at radius 3 is 2.83 bits per heavy atom. The van der Waals surface area contributed by atoms with Crippen LogP contribution in [-0.4, -0.2) is 32.6 Å². The first-order chi connectivity index (χ1) is 10.9. The van der Waals surface area contributed by atoms with Crippen LogP contribution in [0.4, 0.5) is 5.69 Å². The summed E-state index contributed by atoms with van der Waals surface area (Å²) in [6.07, 6.45) is 0.196. The van der Waals surface area contributed by atoms with Crippen molar-refractivity contribution in [1.82, 2.24) is 15.2 Å². The molecule has 0 spiro atoms. The summed E-state index contributed by atoms with van der Waals surface area (Å²) in [6.45, 7) is 0. The van der Waals surface area contributed by atoms with Gasteiger partial charge in [-0.2, -0.15) is 5.10 Å². The van der Waals surface area contributed by atoms with Crippen LogP contribution in [0.15, 0.2) is 26.7 Å². The number of amides is 1. The van der Waals surface area contributed by atoms with Gasteiger partial charge in [0.05, 0.1) is 17.2 Å². The predicted molar refractivity (Wildman–Crippen MR) is 84.3 cm³/mol. The van der Waals surface area contributed by atoms with Gasteiger partial charge < -0.3 is 5.32 Å². The van der Waals surface area contributed by atoms with E-state index in [1.54, 1.807) is 6.07 Å². The highest BCUT2D eigenvalue weighted by atomic mass is 35.5. The number of thioether (sulfide) groups is 1. The lowest BCUT2D eigenvalue weighted by atomic mass is 10.1. The summed E-state index contributed by atoms with van der Waals surface area (Å²) in [5.41, 5.74) is 0.192. The maximum atomic E-state index is 12.3. The third kappa shape index (κ3) is 3.20. The van der Waals surface area contributed by atoms with Crippen LogP contribution in [0.25, 0.3) is 0 Å². The Hall–Kier alpha value is -2.39. The molecule has 2 aromatic rings. The van der Waals surface area contributed by atoms with Crippen LogP contribution >= 0.6 is 23.4 Å². The fourth-order valence-electron chi connectivity index (χ4n) is 2.11. The minimum absolute atomic E-state index is 0.0212. The maximum Gasteiger partial charge on any atom is 0.342 e. The molecule has 0 aliphatic carbocycles. The molecule has 0 atom stereocenters. The normalized spacial score (nSPS) is 12.8. The molecule has 2 heterocycles. The summed E-state index contributed by atoms with van der Waals surface area (Å²) < 4.78 is 0. The van der Waals surface area contributed by atoms with Gasteiger partial charge in [-0.25, -0.2) is 9.89 Å². The quantitative estimate of drug-likeness (QED) is 0.546. The number of aromatic nitrogens is 3. The van der Waals surface area contributed by atoms with E-state index in [0.29, 0.717) is 11.3 Å². The van der Waals surface area contributed by atoms with Crippen molar-refractivity contribution in [3.63, 3.8) is 0 Å². The lowest BCUT2D eigenvalue weighted by Crippen LogP contribution is -2.25. The Bertz CT molecular complexity index is 936. The van der Waals surface area contributed by atoms with E-state index < -0.39 is 11.2 Å². The molecule has 0 saturated heterocycles. The second-order valence-corrected chi connectivity index (χ2v) is 6.11. The average Bonchev–Trinajstić information content (AvgIpc) is 2.84. The Balaban J connectivity index is 1.79. The molecule has 1 aliphatic heterocycles. The zero-order valence-electron chi connectivity index (χ0n) is 11.4. The molecule has 1 aromatic heterocycles. The number of carbonyl (C=O) groups is 2. The third-order valence-corrected chi connectivity index (χ3v) is 4.41. The fourth-order valence-corrected chi connectivity index (χ4v) is 3.09. The van der Waals surface area contributed by atoms with Gasteiger partial charge >= 0.3 is 5.69 Å². The van der Waals surface area contributed by atoms with Crippen molar-refractivity contribution in [2.45, 2.75) is 11.4 Å². The second kappa shape index (κ2) is 6.01. The van der Waals surface area contributed by atoms with E-state index in [2.05, 4.69) is 15.5 Å². The van der Waals surface area contributed by atoms with Gasteiger partial charge in [0.15, 0.2) is 10.8 Å². The number of aromatic amines is 2. The third-order valence-electron chi connectivity index (χ3n) is 3.14. The van der Waals surface area contributed by atoms with E-state index in [1.807, 2.05) is 4.98 Å². The number of rotatable bonds is 4. The number of benzene rings is 1. The molecule has 1 aromatic carbocycles. The van der Waals surface area contributed by atoms with Crippen LogP contribution in [0, 0.1) is 0 Å². The van der Waals surface area contributed by atoms with E-state index in [0.717, 1.165) is 11.8 Å². The van der Waals surface area contributed by atoms with Crippen LogP contribution in [0.2, 0.25) is 5.02 Å². The molecule has 1 amide bonds. The van der Waals surface area contributed by atoms with Crippen LogP contribution in [-0.2, 0) is 11.2 Å². The highest BCUT2D eigenvalue weighted by Gasteiger charge is 2.22. The number of hydrogen-bond acceptors (Lipinski definition) is 6. The molecule has 0 bridgehead atoms. The molecular formula is C13H9ClN4O4S. The summed E-state index contributed by atoms with van der Waals surface area (Å²) in [6, 6.07) is 3.10. The first kappa shape index (κ1) is 15.5. The van der Waals surface area contributed by atoms with E-state index >= 15 is 0 Å². The summed E-state index contributed by atoms with van der Waals surface area (Å²) in [5, 5.41) is 8.51. The van der Waals surface area contributed by atoms with Crippen molar-refractivity contribution in [3.8, 4) is 0 Å². The Kier molecular flexibility index (Phi) is 4.05. The second-order valence-electron chi connectivity index (χ2n) is 4.74. The van der Waals surface area contributed by atoms with Gasteiger partial charge in [0.1, 0.15) is 0 Å². The maximum absolute atomic E-state index is 12.3. The lowest BCUT2D eigenvalue weighted by molar-refractivity contribution is -0.115. The highest BCUT2D eigenvalue weighted by molar-refractivity contribution is 7.99. The predicted octanol–water partition coefficient (Wildman–Crippen LogP) is 0.581. The van der Waals surface area contributed by atoms with Gasteiger partial charge in [-0.05, 0) is 17.7 Å². The number of nitrogens with one attached hydrogen (secondary N) is 3. The zero-order chi connectivity index (χ0) is 16.6. The SMILES string of the molecule is O=C1Cc2cc(C(=O)CSc3n[nH]c(=O)[nH]c3=O)c(Cl)cc2N1. The Morgan fingerprint density at radius 2 is 2.09 bits per heavy atom. The van der Waals surface area contributed by atoms with Crippen molar-refractivity contribution in [1.29, 1.82) is 0 Å². The first-order valence-electron chi connectivity index (χ1n) is 6.41. The number of fused-ring (bicyclic) bond motifs is 1. The molecule has 23 heavy (non-hydrogen) atoms. The van der Waals surface area contributed by atoms with Gasteiger partial charge in [0, 0.05) is 11.3 Å². The number of nitrogens with zero attached hydrogens (tertiary/aromatic N) is 1. The van der Waals surface area contributed by atoms with Gasteiger partial charge in [-0.15, -0.1) is 0 Å². The summed E-state index contributed by atoms with van der Waals surface area (Å²) in [7, 11) is 0. The van der Waals surface area contributed by atoms with Gasteiger partial charge in [0.2, 0.25) is 5.91 Å². The fraction of sp³-hybridized carbons (Fsp3) is 0.154. The number of hydrogen-bond donors (Lipinski definition) is 3. The topological polar surface area (TPSA) is 125 Å². The Morgan fingerprint density at radius 1 is 1.30 bits per heavy atom. The molecular weight excluding hydrogens is 344 g/mol. The monoisotopic (exact) mass is 352 g/mol. The van der Waals surface area contributed by atoms with Gasteiger partial charge in [0.25, 0.3) is 5.56 Å². The number of ketones is 1. The van der Waals surface area contributed by atoms with Crippen molar-refractivity contribution < 1.29 is 9.59 Å². The van der Waals surface area contributed by atoms with E-state index in [9.17, 15) is 19.2 Å². The number of anilines is 1. The van der Waals surface area contributed by atoms with Crippen molar-refractivity contribution in [2.24, 2.45) is 0 Å². The van der Waals surface area contributed by atoms with Crippen LogP contribution in [0.5, 0.6) is 0 Å². The molecule has 8 nitrogen and oxygen atoms in total. The molecule has 118 valence electrons. The molecule has 1 aliphatic rings. The smallest absolute Gasteiger partial charge is 0.325 e. The number of H-pyrrole nitrogens is 2. The highest BCUT2D eigenvalue weighted by Crippen LogP contribution is 2.30. The number of halogens is 1. The average molecular weight is 353 g/mol. The molecule has 0 unspecified atom stereocenters. The van der Waals surface area contributed by atoms with Crippen molar-refractivity contribution in [3.05, 3.63) is 49.1 Å². The lowest BCUT2D eigenvalue weighted by Gasteiger charge is -2.06. The van der Waals surface area contributed by atoms with Crippen LogP contribution in [0.1, 0.15) is 15.9 Å². The molecule has 0 fully saturated rings. The summed E-state index contributed by atoms with van der Waals surface area (Å²) in [5.74, 6) is -0.546. The Labute approximate surface area is 137 Å². The van der Waals surface area contributed by atoms with Crippen molar-refractivity contribution >= 4 is 40.7 Å². The first-order valence-corrected chi connectivity index (χ1v) is 7.77. The zero-order valence-corrected chi connectivity index (χ0v) is 13.0. The van der Waals surface area contributed by atoms with Crippen LogP contribution in [0.3, 0.4) is 0 Å². The summed E-state index contributed by atoms with van der Waals surface area (Å²) in [4.78, 5) is 48.0. The molecule has 3 N–H and O–H groups in total. The standard InChI is InChI=1S/C13H9ClN4O4S/c14-7-3-8-5(2-10(20)15-8)1-6(7)9(19)4-23-12-11(21)16-13(22)18-17-12/h1,3H,2,4H2,(H,15,20)(H2,16,18,21,22). The van der Waals surface area contributed by atoms with E-state index in [-0.39, 0.29) is 39.5 Å². The largest absolute Gasteiger partial charge is 0.342 e. The molecule has 0 saturated carbocycles. The molecule has 0 radical (unpaired) electrons. The van der Waals surface area contributed by atoms with Crippen LogP contribution < -0.4 is 16.6 Å². The number of Topliss-reactive ketones (excluding diaryl/α,β-unsaturated/α-hetero) is 1. The van der Waals surface area contributed by atoms with Gasteiger partial charge in [-0.1, -0.05) is 23.4 Å². The van der Waals surface area contributed by atoms with Gasteiger partial charge in [-0.3, -0.25) is 19.4 Å². The molecule has 3 rings (SSSR count). The van der Waals surface area contributed by atoms with E-state index in [1.165, 1.54) is 6.07 Å². The minimum Gasteiger partial charge on any atom is -0.325 e. The van der Waals surface area contributed by atoms with Crippen molar-refractivity contribution in [2.75, 3.05) is 11.1 Å².